The minimum atomic E-state index is -0.142. The molecule has 2 atom stereocenters. The standard InChI is InChI=1S/C24H31ClN6O/c1-3-8-31-15(2)21(14-27-31)29-24-26-13-17-11-19(25)18(12-20(17)28-24)16-6-9-30(10-7-16)22-4-5-23(22)32/h11-14,16,22-23,32H,3-10H2,1-2H3,(H,26,28,29). The zero-order valence-electron chi connectivity index (χ0n) is 18.8. The van der Waals surface area contributed by atoms with Gasteiger partial charge in [0.05, 0.1) is 29.2 Å². The van der Waals surface area contributed by atoms with Crippen molar-refractivity contribution in [1.82, 2.24) is 24.6 Å². The normalized spacial score (nSPS) is 22.2. The lowest BCUT2D eigenvalue weighted by atomic mass is 9.83. The monoisotopic (exact) mass is 454 g/mol. The van der Waals surface area contributed by atoms with Crippen LogP contribution in [0.15, 0.2) is 24.5 Å². The van der Waals surface area contributed by atoms with Crippen LogP contribution in [0.4, 0.5) is 11.6 Å². The molecule has 32 heavy (non-hydrogen) atoms. The van der Waals surface area contributed by atoms with E-state index in [0.29, 0.717) is 17.9 Å². The molecule has 2 N–H and O–H groups in total. The summed E-state index contributed by atoms with van der Waals surface area (Å²) in [5.41, 5.74) is 4.08. The number of halogens is 1. The molecule has 1 saturated carbocycles. The topological polar surface area (TPSA) is 79.1 Å². The Hall–Kier alpha value is -2.22. The summed E-state index contributed by atoms with van der Waals surface area (Å²) >= 11 is 6.68. The highest BCUT2D eigenvalue weighted by Crippen LogP contribution is 2.37. The second-order valence-electron chi connectivity index (χ2n) is 9.14. The van der Waals surface area contributed by atoms with E-state index >= 15 is 0 Å². The van der Waals surface area contributed by atoms with Crippen LogP contribution in [-0.4, -0.2) is 55.0 Å². The van der Waals surface area contributed by atoms with E-state index in [4.69, 9.17) is 16.6 Å². The van der Waals surface area contributed by atoms with Crippen LogP contribution in [0.1, 0.15) is 56.2 Å². The fraction of sp³-hybridized carbons (Fsp3) is 0.542. The number of hydrogen-bond acceptors (Lipinski definition) is 6. The first-order valence-corrected chi connectivity index (χ1v) is 12.1. The van der Waals surface area contributed by atoms with Gasteiger partial charge < -0.3 is 10.4 Å². The van der Waals surface area contributed by atoms with Gasteiger partial charge in [0.25, 0.3) is 0 Å². The van der Waals surface area contributed by atoms with Gasteiger partial charge in [0.1, 0.15) is 0 Å². The van der Waals surface area contributed by atoms with Gasteiger partial charge in [0, 0.05) is 29.2 Å². The minimum absolute atomic E-state index is 0.142. The Balaban J connectivity index is 1.34. The smallest absolute Gasteiger partial charge is 0.227 e. The van der Waals surface area contributed by atoms with Gasteiger partial charge in [-0.15, -0.1) is 0 Å². The van der Waals surface area contributed by atoms with Crippen molar-refractivity contribution >= 4 is 34.1 Å². The molecule has 5 rings (SSSR count). The van der Waals surface area contributed by atoms with Gasteiger partial charge in [-0.25, -0.2) is 9.97 Å². The Bertz CT molecular complexity index is 1110. The average molecular weight is 455 g/mol. The summed E-state index contributed by atoms with van der Waals surface area (Å²) < 4.78 is 2.00. The Morgan fingerprint density at radius 1 is 1.16 bits per heavy atom. The van der Waals surface area contributed by atoms with Crippen molar-refractivity contribution in [3.05, 3.63) is 40.8 Å². The van der Waals surface area contributed by atoms with Crippen LogP contribution in [-0.2, 0) is 6.54 Å². The molecule has 3 heterocycles. The van der Waals surface area contributed by atoms with Crippen LogP contribution in [0.3, 0.4) is 0 Å². The molecule has 0 bridgehead atoms. The van der Waals surface area contributed by atoms with E-state index in [1.165, 1.54) is 5.56 Å². The van der Waals surface area contributed by atoms with Crippen LogP contribution < -0.4 is 5.32 Å². The van der Waals surface area contributed by atoms with Crippen molar-refractivity contribution in [2.75, 3.05) is 18.4 Å². The molecule has 3 aromatic rings. The first kappa shape index (κ1) is 21.6. The van der Waals surface area contributed by atoms with Crippen molar-refractivity contribution in [3.8, 4) is 0 Å². The molecular weight excluding hydrogens is 424 g/mol. The Morgan fingerprint density at radius 2 is 1.97 bits per heavy atom. The summed E-state index contributed by atoms with van der Waals surface area (Å²) in [7, 11) is 0. The highest BCUT2D eigenvalue weighted by atomic mass is 35.5. The molecular formula is C24H31ClN6O. The number of fused-ring (bicyclic) bond motifs is 1. The molecule has 1 aliphatic carbocycles. The van der Waals surface area contributed by atoms with Gasteiger partial charge in [-0.1, -0.05) is 18.5 Å². The number of aromatic nitrogens is 4. The molecule has 0 spiro atoms. The number of benzene rings is 1. The molecule has 2 aliphatic rings. The quantitative estimate of drug-likeness (QED) is 0.564. The van der Waals surface area contributed by atoms with E-state index in [0.717, 1.165) is 79.0 Å². The lowest BCUT2D eigenvalue weighted by molar-refractivity contribution is -0.0301. The molecule has 1 aromatic carbocycles. The Morgan fingerprint density at radius 3 is 2.66 bits per heavy atom. The number of aryl methyl sites for hydroxylation is 1. The fourth-order valence-corrected chi connectivity index (χ4v) is 5.33. The van der Waals surface area contributed by atoms with Gasteiger partial charge in [0.15, 0.2) is 0 Å². The minimum Gasteiger partial charge on any atom is -0.391 e. The zero-order chi connectivity index (χ0) is 22.2. The number of piperidine rings is 1. The number of anilines is 2. The lowest BCUT2D eigenvalue weighted by Gasteiger charge is -2.45. The van der Waals surface area contributed by atoms with E-state index in [9.17, 15) is 5.11 Å². The summed E-state index contributed by atoms with van der Waals surface area (Å²) in [5.74, 6) is 0.986. The third kappa shape index (κ3) is 4.09. The van der Waals surface area contributed by atoms with E-state index in [2.05, 4.69) is 40.2 Å². The molecule has 0 amide bonds. The maximum Gasteiger partial charge on any atom is 0.227 e. The Labute approximate surface area is 193 Å². The fourth-order valence-electron chi connectivity index (χ4n) is 5.00. The van der Waals surface area contributed by atoms with Crippen molar-refractivity contribution in [1.29, 1.82) is 0 Å². The van der Waals surface area contributed by atoms with Crippen molar-refractivity contribution in [3.63, 3.8) is 0 Å². The number of aliphatic hydroxyl groups excluding tert-OH is 1. The van der Waals surface area contributed by atoms with Crippen molar-refractivity contribution in [2.45, 2.75) is 70.6 Å². The molecule has 2 unspecified atom stereocenters. The molecule has 7 nitrogen and oxygen atoms in total. The third-order valence-corrected chi connectivity index (χ3v) is 7.45. The summed E-state index contributed by atoms with van der Waals surface area (Å²) in [6, 6.07) is 4.48. The maximum absolute atomic E-state index is 9.99. The molecule has 8 heteroatoms. The summed E-state index contributed by atoms with van der Waals surface area (Å²) in [5, 5.41) is 19.5. The number of hydrogen-bond donors (Lipinski definition) is 2. The highest BCUT2D eigenvalue weighted by Gasteiger charge is 2.36. The molecule has 2 aromatic heterocycles. The van der Waals surface area contributed by atoms with E-state index < -0.39 is 0 Å². The van der Waals surface area contributed by atoms with Crippen LogP contribution >= 0.6 is 11.6 Å². The summed E-state index contributed by atoms with van der Waals surface area (Å²) in [6.45, 7) is 7.12. The largest absolute Gasteiger partial charge is 0.391 e. The predicted octanol–water partition coefficient (Wildman–Crippen LogP) is 4.64. The summed E-state index contributed by atoms with van der Waals surface area (Å²) in [6.07, 6.45) is 8.73. The first-order valence-electron chi connectivity index (χ1n) is 11.7. The van der Waals surface area contributed by atoms with Gasteiger partial charge in [-0.2, -0.15) is 5.10 Å². The number of nitrogens with zero attached hydrogens (tertiary/aromatic N) is 5. The van der Waals surface area contributed by atoms with E-state index in [1.807, 2.05) is 23.1 Å². The van der Waals surface area contributed by atoms with Gasteiger partial charge >= 0.3 is 0 Å². The molecule has 1 saturated heterocycles. The number of nitrogens with one attached hydrogen (secondary N) is 1. The highest BCUT2D eigenvalue weighted by molar-refractivity contribution is 6.32. The first-order chi connectivity index (χ1) is 15.5. The number of rotatable bonds is 6. The Kier molecular flexibility index (Phi) is 6.05. The number of aliphatic hydroxyl groups is 1. The van der Waals surface area contributed by atoms with Crippen LogP contribution in [0.25, 0.3) is 10.9 Å². The third-order valence-electron chi connectivity index (χ3n) is 7.12. The van der Waals surface area contributed by atoms with Crippen molar-refractivity contribution in [2.24, 2.45) is 0 Å². The zero-order valence-corrected chi connectivity index (χ0v) is 19.5. The van der Waals surface area contributed by atoms with Crippen LogP contribution in [0.2, 0.25) is 5.02 Å². The van der Waals surface area contributed by atoms with E-state index in [1.54, 1.807) is 0 Å². The average Bonchev–Trinajstić information content (AvgIpc) is 3.12. The SMILES string of the molecule is CCCn1ncc(Nc2ncc3cc(Cl)c(C4CCN(C5CCC5O)CC4)cc3n2)c1C. The number of likely N-dealkylation sites (tertiary alicyclic amines) is 1. The molecule has 1 aliphatic heterocycles. The predicted molar refractivity (Wildman–Crippen MR) is 128 cm³/mol. The van der Waals surface area contributed by atoms with Crippen LogP contribution in [0.5, 0.6) is 0 Å². The van der Waals surface area contributed by atoms with E-state index in [-0.39, 0.29) is 6.10 Å². The molecule has 2 fully saturated rings. The molecule has 170 valence electrons. The van der Waals surface area contributed by atoms with Gasteiger partial charge in [-0.05, 0) is 75.7 Å². The maximum atomic E-state index is 9.99. The van der Waals surface area contributed by atoms with Crippen molar-refractivity contribution < 1.29 is 5.11 Å². The van der Waals surface area contributed by atoms with Gasteiger partial charge in [0.2, 0.25) is 5.95 Å². The lowest BCUT2D eigenvalue weighted by Crippen LogP contribution is -2.52. The summed E-state index contributed by atoms with van der Waals surface area (Å²) in [4.78, 5) is 11.7. The van der Waals surface area contributed by atoms with Crippen LogP contribution in [0, 0.1) is 6.92 Å². The second-order valence-corrected chi connectivity index (χ2v) is 9.55. The van der Waals surface area contributed by atoms with Gasteiger partial charge in [-0.3, -0.25) is 9.58 Å². The molecule has 0 radical (unpaired) electrons. The second kappa shape index (κ2) is 8.96.